The van der Waals surface area contributed by atoms with Crippen LogP contribution in [0, 0.1) is 5.92 Å². The smallest absolute Gasteiger partial charge is 0.336 e. The zero-order chi connectivity index (χ0) is 17.8. The maximum Gasteiger partial charge on any atom is 0.336 e. The highest BCUT2D eigenvalue weighted by molar-refractivity contribution is 6.05. The topological polar surface area (TPSA) is 92.7 Å². The number of carbonyl (C=O) groups excluding carboxylic acids is 2. The number of esters is 1. The zero-order valence-electron chi connectivity index (χ0n) is 14.0. The Hall–Kier alpha value is -2.37. The Labute approximate surface area is 135 Å². The first kappa shape index (κ1) is 18.7. The molecular weight excluding hydrogens is 298 g/mol. The zero-order valence-corrected chi connectivity index (χ0v) is 14.0. The summed E-state index contributed by atoms with van der Waals surface area (Å²) in [5.41, 5.74) is -0.778. The minimum absolute atomic E-state index is 0.00853. The van der Waals surface area contributed by atoms with Gasteiger partial charge in [-0.05, 0) is 38.8 Å². The van der Waals surface area contributed by atoms with E-state index in [0.717, 1.165) is 0 Å². The number of amides is 1. The van der Waals surface area contributed by atoms with Crippen LogP contribution in [0.2, 0.25) is 0 Å². The van der Waals surface area contributed by atoms with Gasteiger partial charge in [0.15, 0.2) is 0 Å². The molecule has 1 aromatic carbocycles. The second-order valence-corrected chi connectivity index (χ2v) is 6.58. The van der Waals surface area contributed by atoms with E-state index in [1.165, 1.54) is 18.2 Å². The molecule has 0 unspecified atom stereocenters. The molecule has 0 bridgehead atoms. The fourth-order valence-corrected chi connectivity index (χ4v) is 1.95. The van der Waals surface area contributed by atoms with E-state index in [1.807, 2.05) is 0 Å². The minimum Gasteiger partial charge on any atom is -0.478 e. The highest BCUT2D eigenvalue weighted by Gasteiger charge is 2.30. The van der Waals surface area contributed by atoms with Crippen molar-refractivity contribution in [2.24, 2.45) is 5.92 Å². The van der Waals surface area contributed by atoms with Crippen LogP contribution in [0.1, 0.15) is 55.3 Å². The number of rotatable bonds is 5. The fraction of sp³-hybridized carbons (Fsp3) is 0.471. The molecular formula is C17H23NO5. The Morgan fingerprint density at radius 3 is 2.04 bits per heavy atom. The van der Waals surface area contributed by atoms with Crippen LogP contribution in [-0.2, 0) is 9.53 Å². The monoisotopic (exact) mass is 321 g/mol. The van der Waals surface area contributed by atoms with Gasteiger partial charge in [0, 0.05) is 0 Å². The van der Waals surface area contributed by atoms with Gasteiger partial charge in [-0.1, -0.05) is 26.0 Å². The molecule has 0 radical (unpaired) electrons. The molecule has 0 aliphatic carbocycles. The van der Waals surface area contributed by atoms with Crippen molar-refractivity contribution in [2.75, 3.05) is 0 Å². The molecule has 0 aliphatic heterocycles. The lowest BCUT2D eigenvalue weighted by molar-refractivity contribution is -0.158. The van der Waals surface area contributed by atoms with Crippen LogP contribution in [0.25, 0.3) is 0 Å². The van der Waals surface area contributed by atoms with E-state index >= 15 is 0 Å². The molecule has 0 fully saturated rings. The van der Waals surface area contributed by atoms with Crippen LogP contribution in [0.5, 0.6) is 0 Å². The molecule has 2 N–H and O–H groups in total. The van der Waals surface area contributed by atoms with Gasteiger partial charge in [-0.15, -0.1) is 0 Å². The van der Waals surface area contributed by atoms with Crippen molar-refractivity contribution in [3.63, 3.8) is 0 Å². The fourth-order valence-electron chi connectivity index (χ4n) is 1.95. The van der Waals surface area contributed by atoms with Gasteiger partial charge in [0.1, 0.15) is 11.6 Å². The van der Waals surface area contributed by atoms with Gasteiger partial charge in [-0.3, -0.25) is 4.79 Å². The number of carboxylic acid groups (broad SMARTS) is 1. The predicted molar refractivity (Wildman–Crippen MR) is 85.3 cm³/mol. The molecule has 0 saturated carbocycles. The van der Waals surface area contributed by atoms with Gasteiger partial charge < -0.3 is 15.2 Å². The van der Waals surface area contributed by atoms with Gasteiger partial charge in [-0.2, -0.15) is 0 Å². The molecule has 0 heterocycles. The van der Waals surface area contributed by atoms with Crippen molar-refractivity contribution in [2.45, 2.75) is 46.3 Å². The maximum atomic E-state index is 12.4. The highest BCUT2D eigenvalue weighted by Crippen LogP contribution is 2.14. The lowest BCUT2D eigenvalue weighted by atomic mass is 10.0. The lowest BCUT2D eigenvalue weighted by Gasteiger charge is -2.26. The Bertz CT molecular complexity index is 601. The number of aromatic carboxylic acids is 1. The second-order valence-electron chi connectivity index (χ2n) is 6.58. The molecule has 0 aromatic heterocycles. The molecule has 1 amide bonds. The number of ether oxygens (including phenoxy) is 1. The molecule has 6 nitrogen and oxygen atoms in total. The summed E-state index contributed by atoms with van der Waals surface area (Å²) in [7, 11) is 0. The predicted octanol–water partition coefficient (Wildman–Crippen LogP) is 2.48. The molecule has 0 saturated heterocycles. The van der Waals surface area contributed by atoms with Gasteiger partial charge in [0.25, 0.3) is 5.91 Å². The van der Waals surface area contributed by atoms with Gasteiger partial charge >= 0.3 is 11.9 Å². The van der Waals surface area contributed by atoms with E-state index in [4.69, 9.17) is 9.84 Å². The number of hydrogen-bond donors (Lipinski definition) is 2. The first-order valence-corrected chi connectivity index (χ1v) is 7.39. The van der Waals surface area contributed by atoms with Gasteiger partial charge in [-0.25, -0.2) is 9.59 Å². The molecule has 23 heavy (non-hydrogen) atoms. The average Bonchev–Trinajstić information content (AvgIpc) is 2.42. The van der Waals surface area contributed by atoms with Crippen molar-refractivity contribution in [1.82, 2.24) is 5.32 Å². The molecule has 1 rings (SSSR count). The van der Waals surface area contributed by atoms with E-state index in [9.17, 15) is 14.4 Å². The third kappa shape index (κ3) is 5.39. The Balaban J connectivity index is 3.00. The first-order chi connectivity index (χ1) is 10.5. The van der Waals surface area contributed by atoms with Crippen molar-refractivity contribution < 1.29 is 24.2 Å². The normalized spacial score (nSPS) is 12.6. The van der Waals surface area contributed by atoms with Crippen LogP contribution in [0.15, 0.2) is 24.3 Å². The van der Waals surface area contributed by atoms with Gasteiger partial charge in [0.05, 0.1) is 11.1 Å². The number of hydrogen-bond acceptors (Lipinski definition) is 4. The Morgan fingerprint density at radius 1 is 1.09 bits per heavy atom. The van der Waals surface area contributed by atoms with Crippen molar-refractivity contribution in [3.8, 4) is 0 Å². The summed E-state index contributed by atoms with van der Waals surface area (Å²) in [4.78, 5) is 35.8. The third-order valence-corrected chi connectivity index (χ3v) is 3.02. The Kier molecular flexibility index (Phi) is 5.90. The van der Waals surface area contributed by atoms with Crippen molar-refractivity contribution >= 4 is 17.8 Å². The number of carboxylic acids is 1. The number of nitrogens with one attached hydrogen (secondary N) is 1. The molecule has 6 heteroatoms. The van der Waals surface area contributed by atoms with Crippen LogP contribution in [0.4, 0.5) is 0 Å². The summed E-state index contributed by atoms with van der Waals surface area (Å²) < 4.78 is 5.31. The summed E-state index contributed by atoms with van der Waals surface area (Å²) in [6.45, 7) is 8.77. The highest BCUT2D eigenvalue weighted by atomic mass is 16.6. The Morgan fingerprint density at radius 2 is 1.61 bits per heavy atom. The lowest BCUT2D eigenvalue weighted by Crippen LogP contribution is -2.47. The minimum atomic E-state index is -1.20. The summed E-state index contributed by atoms with van der Waals surface area (Å²) in [5.74, 6) is -2.57. The summed E-state index contributed by atoms with van der Waals surface area (Å²) in [6.07, 6.45) is 0. The summed E-state index contributed by atoms with van der Waals surface area (Å²) in [6, 6.07) is 5.00. The maximum absolute atomic E-state index is 12.4. The number of carbonyl (C=O) groups is 3. The number of benzene rings is 1. The van der Waals surface area contributed by atoms with E-state index in [1.54, 1.807) is 40.7 Å². The van der Waals surface area contributed by atoms with E-state index in [0.29, 0.717) is 0 Å². The molecule has 1 aromatic rings. The quantitative estimate of drug-likeness (QED) is 0.813. The van der Waals surface area contributed by atoms with Gasteiger partial charge in [0.2, 0.25) is 0 Å². The van der Waals surface area contributed by atoms with E-state index in [2.05, 4.69) is 5.32 Å². The first-order valence-electron chi connectivity index (χ1n) is 7.39. The van der Waals surface area contributed by atoms with Crippen LogP contribution < -0.4 is 5.32 Å². The van der Waals surface area contributed by atoms with E-state index in [-0.39, 0.29) is 17.0 Å². The summed E-state index contributed by atoms with van der Waals surface area (Å²) >= 11 is 0. The standard InChI is InChI=1S/C17H23NO5/c1-10(2)13(16(22)23-17(3,4)5)18-14(19)11-8-6-7-9-12(11)15(20)21/h6-10,13H,1-5H3,(H,18,19)(H,20,21)/t13-/m0/s1. The van der Waals surface area contributed by atoms with Crippen molar-refractivity contribution in [1.29, 1.82) is 0 Å². The SMILES string of the molecule is CC(C)[C@H](NC(=O)c1ccccc1C(=O)O)C(=O)OC(C)(C)C. The second kappa shape index (κ2) is 7.26. The van der Waals surface area contributed by atoms with Crippen molar-refractivity contribution in [3.05, 3.63) is 35.4 Å². The molecule has 0 aliphatic rings. The summed E-state index contributed by atoms with van der Waals surface area (Å²) in [5, 5.41) is 11.7. The largest absolute Gasteiger partial charge is 0.478 e. The third-order valence-electron chi connectivity index (χ3n) is 3.02. The average molecular weight is 321 g/mol. The van der Waals surface area contributed by atoms with Crippen LogP contribution >= 0.6 is 0 Å². The van der Waals surface area contributed by atoms with Crippen LogP contribution in [-0.4, -0.2) is 34.6 Å². The molecule has 0 spiro atoms. The molecule has 126 valence electrons. The van der Waals surface area contributed by atoms with E-state index < -0.39 is 29.5 Å². The molecule has 1 atom stereocenters. The van der Waals surface area contributed by atoms with Crippen LogP contribution in [0.3, 0.4) is 0 Å².